The van der Waals surface area contributed by atoms with E-state index < -0.39 is 23.6 Å². The van der Waals surface area contributed by atoms with Crippen LogP contribution >= 0.6 is 0 Å². The molecule has 0 aliphatic carbocycles. The molecule has 0 aromatic carbocycles. The number of hydrogen-bond donors (Lipinski definition) is 4. The first-order valence-electron chi connectivity index (χ1n) is 3.81. The fourth-order valence-corrected chi connectivity index (χ4v) is 0.188. The highest BCUT2D eigenvalue weighted by Gasteiger charge is 2.24. The summed E-state index contributed by atoms with van der Waals surface area (Å²) in [4.78, 5) is 19.5. The zero-order chi connectivity index (χ0) is 12.6. The van der Waals surface area contributed by atoms with Crippen molar-refractivity contribution in [3.8, 4) is 0 Å². The van der Waals surface area contributed by atoms with Gasteiger partial charge >= 0.3 is 11.9 Å². The predicted molar refractivity (Wildman–Crippen MR) is 52.3 cm³/mol. The van der Waals surface area contributed by atoms with Crippen LogP contribution in [0.15, 0.2) is 25.3 Å². The van der Waals surface area contributed by atoms with Gasteiger partial charge in [-0.3, -0.25) is 0 Å². The zero-order valence-electron chi connectivity index (χ0n) is 8.25. The Balaban J connectivity index is 0. The molecule has 0 heterocycles. The molecule has 0 saturated heterocycles. The maximum Gasteiger partial charge on any atom is 0.339 e. The van der Waals surface area contributed by atoms with E-state index in [0.717, 1.165) is 19.1 Å². The highest BCUT2D eigenvalue weighted by atomic mass is 16.4. The summed E-state index contributed by atoms with van der Waals surface area (Å²) in [6.45, 7) is 7.33. The minimum absolute atomic E-state index is 0.947. The molecule has 0 aromatic rings. The molecule has 0 aromatic heterocycles. The van der Waals surface area contributed by atoms with Crippen LogP contribution in [0.5, 0.6) is 0 Å². The molecule has 0 spiro atoms. The van der Waals surface area contributed by atoms with Crippen LogP contribution in [-0.4, -0.2) is 44.1 Å². The molecule has 0 fully saturated rings. The van der Waals surface area contributed by atoms with Crippen LogP contribution in [0.1, 0.15) is 6.92 Å². The number of hydrogen-bond acceptors (Lipinski definition) is 4. The standard InChI is InChI=1S/C5H8O3.C4H6O3/c1-3-5(2,8)4(6)7;1-2-3(5)4(6)7/h3,8H,1H2,2H3,(H,6,7);2-3,5H,1H2,(H,6,7). The second-order valence-corrected chi connectivity index (χ2v) is 2.68. The van der Waals surface area contributed by atoms with E-state index in [2.05, 4.69) is 13.2 Å². The molecule has 2 unspecified atom stereocenters. The van der Waals surface area contributed by atoms with Crippen molar-refractivity contribution in [2.75, 3.05) is 0 Å². The van der Waals surface area contributed by atoms with Crippen molar-refractivity contribution < 1.29 is 30.0 Å². The number of rotatable bonds is 4. The molecule has 6 heteroatoms. The van der Waals surface area contributed by atoms with Crippen molar-refractivity contribution >= 4 is 11.9 Å². The van der Waals surface area contributed by atoms with Gasteiger partial charge in [0.05, 0.1) is 0 Å². The van der Waals surface area contributed by atoms with E-state index >= 15 is 0 Å². The molecule has 0 rings (SSSR count). The third kappa shape index (κ3) is 7.41. The Morgan fingerprint density at radius 2 is 1.73 bits per heavy atom. The Kier molecular flexibility index (Phi) is 7.10. The van der Waals surface area contributed by atoms with Crippen molar-refractivity contribution in [2.24, 2.45) is 0 Å². The van der Waals surface area contributed by atoms with Gasteiger partial charge in [-0.15, -0.1) is 0 Å². The van der Waals surface area contributed by atoms with Gasteiger partial charge in [0.1, 0.15) is 0 Å². The van der Waals surface area contributed by atoms with Crippen LogP contribution in [0, 0.1) is 0 Å². The summed E-state index contributed by atoms with van der Waals surface area (Å²) in [6, 6.07) is 0. The van der Waals surface area contributed by atoms with Crippen LogP contribution < -0.4 is 0 Å². The lowest BCUT2D eigenvalue weighted by Gasteiger charge is -2.09. The fourth-order valence-electron chi connectivity index (χ4n) is 0.188. The normalized spacial score (nSPS) is 14.9. The molecule has 4 N–H and O–H groups in total. The minimum Gasteiger partial charge on any atom is -0.479 e. The topological polar surface area (TPSA) is 115 Å². The molecule has 2 atom stereocenters. The lowest BCUT2D eigenvalue weighted by Crippen LogP contribution is -2.31. The number of carboxylic acids is 2. The minimum atomic E-state index is -1.78. The van der Waals surface area contributed by atoms with Gasteiger partial charge < -0.3 is 20.4 Å². The highest BCUT2D eigenvalue weighted by molar-refractivity contribution is 5.78. The summed E-state index contributed by atoms with van der Waals surface area (Å²) in [6.07, 6.45) is 0.498. The lowest BCUT2D eigenvalue weighted by molar-refractivity contribution is -0.151. The molecule has 86 valence electrons. The Labute approximate surface area is 86.8 Å². The molecule has 15 heavy (non-hydrogen) atoms. The zero-order valence-corrected chi connectivity index (χ0v) is 8.25. The summed E-state index contributed by atoms with van der Waals surface area (Å²) < 4.78 is 0. The number of carbonyl (C=O) groups is 2. The third-order valence-electron chi connectivity index (χ3n) is 1.31. The predicted octanol–water partition coefficient (Wildman–Crippen LogP) is -0.374. The fraction of sp³-hybridized carbons (Fsp3) is 0.333. The Hall–Kier alpha value is -1.66. The number of aliphatic carboxylic acids is 2. The van der Waals surface area contributed by atoms with E-state index in [9.17, 15) is 9.59 Å². The molecule has 0 radical (unpaired) electrons. The SMILES string of the molecule is C=CC(C)(O)C(=O)O.C=CC(O)C(=O)O. The third-order valence-corrected chi connectivity index (χ3v) is 1.31. The molecule has 0 aliphatic heterocycles. The van der Waals surface area contributed by atoms with Crippen molar-refractivity contribution in [3.63, 3.8) is 0 Å². The van der Waals surface area contributed by atoms with E-state index in [1.165, 1.54) is 0 Å². The monoisotopic (exact) mass is 218 g/mol. The Morgan fingerprint density at radius 3 is 1.73 bits per heavy atom. The summed E-state index contributed by atoms with van der Waals surface area (Å²) in [5.74, 6) is -2.55. The summed E-state index contributed by atoms with van der Waals surface area (Å²) in [5, 5.41) is 32.9. The Morgan fingerprint density at radius 1 is 1.33 bits per heavy atom. The van der Waals surface area contributed by atoms with E-state index in [4.69, 9.17) is 20.4 Å². The molecular weight excluding hydrogens is 204 g/mol. The summed E-state index contributed by atoms with van der Waals surface area (Å²) in [5.41, 5.74) is -1.78. The van der Waals surface area contributed by atoms with Gasteiger partial charge in [0, 0.05) is 0 Å². The maximum atomic E-state index is 9.93. The van der Waals surface area contributed by atoms with Crippen LogP contribution in [0.25, 0.3) is 0 Å². The quantitative estimate of drug-likeness (QED) is 0.478. The van der Waals surface area contributed by atoms with Crippen LogP contribution in [-0.2, 0) is 9.59 Å². The van der Waals surface area contributed by atoms with Crippen molar-refractivity contribution in [2.45, 2.75) is 18.6 Å². The van der Waals surface area contributed by atoms with E-state index in [0.29, 0.717) is 0 Å². The first kappa shape index (κ1) is 15.8. The molecule has 0 amide bonds. The number of aliphatic hydroxyl groups excluding tert-OH is 1. The largest absolute Gasteiger partial charge is 0.479 e. The first-order valence-corrected chi connectivity index (χ1v) is 3.81. The molecular formula is C9H14O6. The van der Waals surface area contributed by atoms with Crippen LogP contribution in [0.2, 0.25) is 0 Å². The highest BCUT2D eigenvalue weighted by Crippen LogP contribution is 2.01. The van der Waals surface area contributed by atoms with Crippen LogP contribution in [0.3, 0.4) is 0 Å². The average Bonchev–Trinajstić information content (AvgIpc) is 2.17. The molecule has 6 nitrogen and oxygen atoms in total. The van der Waals surface area contributed by atoms with E-state index in [-0.39, 0.29) is 0 Å². The molecule has 0 aliphatic rings. The molecule has 0 saturated carbocycles. The van der Waals surface area contributed by atoms with E-state index in [1.807, 2.05) is 0 Å². The van der Waals surface area contributed by atoms with Gasteiger partial charge in [0.2, 0.25) is 0 Å². The summed E-state index contributed by atoms with van der Waals surface area (Å²) >= 11 is 0. The maximum absolute atomic E-state index is 9.93. The average molecular weight is 218 g/mol. The van der Waals surface area contributed by atoms with Crippen molar-refractivity contribution in [1.82, 2.24) is 0 Å². The van der Waals surface area contributed by atoms with Crippen LogP contribution in [0.4, 0.5) is 0 Å². The second kappa shape index (κ2) is 6.74. The van der Waals surface area contributed by atoms with Gasteiger partial charge in [0.15, 0.2) is 11.7 Å². The van der Waals surface area contributed by atoms with Gasteiger partial charge in [-0.2, -0.15) is 0 Å². The van der Waals surface area contributed by atoms with Gasteiger partial charge in [0.25, 0.3) is 0 Å². The lowest BCUT2D eigenvalue weighted by atomic mass is 10.1. The molecule has 0 bridgehead atoms. The van der Waals surface area contributed by atoms with Crippen molar-refractivity contribution in [3.05, 3.63) is 25.3 Å². The second-order valence-electron chi connectivity index (χ2n) is 2.68. The Bertz CT molecular complexity index is 255. The van der Waals surface area contributed by atoms with Gasteiger partial charge in [-0.1, -0.05) is 19.2 Å². The number of aliphatic hydroxyl groups is 2. The van der Waals surface area contributed by atoms with E-state index in [1.54, 1.807) is 0 Å². The van der Waals surface area contributed by atoms with Gasteiger partial charge in [-0.25, -0.2) is 9.59 Å². The van der Waals surface area contributed by atoms with Crippen molar-refractivity contribution in [1.29, 1.82) is 0 Å². The number of carboxylic acid groups (broad SMARTS) is 2. The van der Waals surface area contributed by atoms with Gasteiger partial charge in [-0.05, 0) is 13.0 Å². The first-order chi connectivity index (χ1) is 6.68. The summed E-state index contributed by atoms with van der Waals surface area (Å²) in [7, 11) is 0. The smallest absolute Gasteiger partial charge is 0.339 e.